The second-order valence-electron chi connectivity index (χ2n) is 11.4. The Hall–Kier alpha value is -0.660. The van der Waals surface area contributed by atoms with Crippen LogP contribution in [0, 0.1) is 0 Å². The summed E-state index contributed by atoms with van der Waals surface area (Å²) in [5.41, 5.74) is 0. The third kappa shape index (κ3) is 17.7. The van der Waals surface area contributed by atoms with Crippen LogP contribution in [0.4, 0.5) is 0 Å². The van der Waals surface area contributed by atoms with E-state index in [0.29, 0.717) is 13.2 Å². The lowest BCUT2D eigenvalue weighted by atomic mass is 9.98. The van der Waals surface area contributed by atoms with Gasteiger partial charge in [0.2, 0.25) is 6.29 Å². The smallest absolute Gasteiger partial charge is 0.228 e. The van der Waals surface area contributed by atoms with Crippen LogP contribution >= 0.6 is 0 Å². The number of unbranched alkanes of at least 4 members (excludes halogenated alkanes) is 18. The van der Waals surface area contributed by atoms with E-state index in [-0.39, 0.29) is 6.61 Å². The van der Waals surface area contributed by atoms with Crippen molar-refractivity contribution in [3.05, 3.63) is 12.3 Å². The predicted molar refractivity (Wildman–Crippen MR) is 161 cm³/mol. The Kier molecular flexibility index (Phi) is 24.5. The summed E-state index contributed by atoms with van der Waals surface area (Å²) < 4.78 is 24.1. The normalized spacial score (nSPS) is 23.6. The zero-order chi connectivity index (χ0) is 28.4. The first-order valence-corrected chi connectivity index (χ1v) is 16.6. The third-order valence-electron chi connectivity index (χ3n) is 7.76. The highest BCUT2D eigenvalue weighted by Gasteiger charge is 2.47. The van der Waals surface area contributed by atoms with Crippen molar-refractivity contribution < 1.29 is 29.2 Å². The number of allylic oxidation sites excluding steroid dienone is 1. The number of rotatable bonds is 27. The Morgan fingerprint density at radius 3 is 1.44 bits per heavy atom. The van der Waals surface area contributed by atoms with Crippen LogP contribution in [-0.2, 0) is 18.9 Å². The molecule has 0 bridgehead atoms. The van der Waals surface area contributed by atoms with Crippen molar-refractivity contribution in [1.29, 1.82) is 0 Å². The van der Waals surface area contributed by atoms with Crippen molar-refractivity contribution in [3.63, 3.8) is 0 Å². The van der Waals surface area contributed by atoms with Crippen LogP contribution in [0.3, 0.4) is 0 Å². The van der Waals surface area contributed by atoms with E-state index in [1.807, 2.05) is 6.92 Å². The molecule has 0 radical (unpaired) electrons. The summed E-state index contributed by atoms with van der Waals surface area (Å²) in [4.78, 5) is 0. The Morgan fingerprint density at radius 1 is 0.615 bits per heavy atom. The van der Waals surface area contributed by atoms with Gasteiger partial charge in [-0.1, -0.05) is 135 Å². The maximum atomic E-state index is 10.9. The van der Waals surface area contributed by atoms with Gasteiger partial charge in [-0.25, -0.2) is 0 Å². The summed E-state index contributed by atoms with van der Waals surface area (Å²) in [5, 5.41) is 20.7. The Morgan fingerprint density at radius 2 is 1.03 bits per heavy atom. The Labute approximate surface area is 241 Å². The van der Waals surface area contributed by atoms with Gasteiger partial charge in [-0.3, -0.25) is 0 Å². The van der Waals surface area contributed by atoms with Crippen molar-refractivity contribution in [1.82, 2.24) is 0 Å². The van der Waals surface area contributed by atoms with Crippen LogP contribution in [0.1, 0.15) is 149 Å². The van der Waals surface area contributed by atoms with Gasteiger partial charge in [0.25, 0.3) is 0 Å². The molecule has 6 heteroatoms. The van der Waals surface area contributed by atoms with E-state index in [4.69, 9.17) is 18.9 Å². The van der Waals surface area contributed by atoms with E-state index in [1.54, 1.807) is 12.3 Å². The number of hydrogen-bond donors (Lipinski definition) is 2. The van der Waals surface area contributed by atoms with Gasteiger partial charge in [-0.05, 0) is 19.8 Å². The molecule has 0 aromatic carbocycles. The second-order valence-corrected chi connectivity index (χ2v) is 11.4. The van der Waals surface area contributed by atoms with E-state index in [0.717, 1.165) is 25.7 Å². The van der Waals surface area contributed by atoms with Gasteiger partial charge in [-0.2, -0.15) is 0 Å². The van der Waals surface area contributed by atoms with Gasteiger partial charge >= 0.3 is 0 Å². The summed E-state index contributed by atoms with van der Waals surface area (Å²) in [6.07, 6.45) is 25.1. The van der Waals surface area contributed by atoms with Crippen LogP contribution in [-0.4, -0.2) is 60.7 Å². The molecular weight excluding hydrogens is 492 g/mol. The van der Waals surface area contributed by atoms with E-state index in [9.17, 15) is 10.2 Å². The fourth-order valence-corrected chi connectivity index (χ4v) is 5.29. The summed E-state index contributed by atoms with van der Waals surface area (Å²) >= 11 is 0. The molecule has 232 valence electrons. The highest BCUT2D eigenvalue weighted by molar-refractivity contribution is 4.92. The molecule has 0 aliphatic carbocycles. The summed E-state index contributed by atoms with van der Waals surface area (Å²) in [6, 6.07) is 0. The fraction of sp³-hybridized carbons (Fsp3) is 0.939. The third-order valence-corrected chi connectivity index (χ3v) is 7.76. The molecule has 5 atom stereocenters. The number of hydrogen-bond acceptors (Lipinski definition) is 6. The molecule has 1 aliphatic heterocycles. The molecule has 1 aliphatic rings. The molecule has 1 saturated heterocycles. The first kappa shape index (κ1) is 36.4. The van der Waals surface area contributed by atoms with E-state index in [1.165, 1.54) is 103 Å². The minimum absolute atomic E-state index is 0.292. The van der Waals surface area contributed by atoms with Crippen LogP contribution in [0.2, 0.25) is 0 Å². The van der Waals surface area contributed by atoms with Crippen molar-refractivity contribution in [2.24, 2.45) is 0 Å². The van der Waals surface area contributed by atoms with E-state index >= 15 is 0 Å². The lowest BCUT2D eigenvalue weighted by molar-refractivity contribution is -0.304. The standard InChI is InChI=1S/C33H64O6/c1-4-7-9-11-13-15-17-19-21-23-26-36-31-30(35)29(28-34)39-33(38-25-6-3)32(31)37-27-24-22-20-18-16-14-12-10-8-5-2/h6,25,29-35H,4-5,7-24,26-28H2,1-3H3/b25-6+/t29-,30-,31+,32-,33+/m1/s1. The Bertz CT molecular complexity index is 542. The molecule has 1 rings (SSSR count). The summed E-state index contributed by atoms with van der Waals surface area (Å²) in [7, 11) is 0. The van der Waals surface area contributed by atoms with Crippen LogP contribution in [0.25, 0.3) is 0 Å². The first-order valence-electron chi connectivity index (χ1n) is 16.6. The van der Waals surface area contributed by atoms with Gasteiger partial charge in [0.05, 0.1) is 12.9 Å². The van der Waals surface area contributed by atoms with Crippen LogP contribution in [0.15, 0.2) is 12.3 Å². The summed E-state index contributed by atoms with van der Waals surface area (Å²) in [6.45, 7) is 7.24. The average Bonchev–Trinajstić information content (AvgIpc) is 2.95. The summed E-state index contributed by atoms with van der Waals surface area (Å²) in [5.74, 6) is 0. The van der Waals surface area contributed by atoms with Gasteiger partial charge < -0.3 is 29.2 Å². The first-order chi connectivity index (χ1) is 19.2. The van der Waals surface area contributed by atoms with Crippen molar-refractivity contribution >= 4 is 0 Å². The molecule has 0 spiro atoms. The maximum Gasteiger partial charge on any atom is 0.228 e. The molecule has 2 N–H and O–H groups in total. The van der Waals surface area contributed by atoms with Gasteiger partial charge in [0.1, 0.15) is 24.4 Å². The van der Waals surface area contributed by atoms with Gasteiger partial charge in [-0.15, -0.1) is 0 Å². The van der Waals surface area contributed by atoms with Gasteiger partial charge in [0, 0.05) is 13.2 Å². The topological polar surface area (TPSA) is 77.4 Å². The Balaban J connectivity index is 2.41. The molecule has 6 nitrogen and oxygen atoms in total. The highest BCUT2D eigenvalue weighted by Crippen LogP contribution is 2.28. The minimum atomic E-state index is -0.957. The molecule has 0 unspecified atom stereocenters. The molecule has 1 fully saturated rings. The lowest BCUT2D eigenvalue weighted by Crippen LogP contribution is -2.60. The fourth-order valence-electron chi connectivity index (χ4n) is 5.29. The molecule has 0 aromatic heterocycles. The molecule has 0 amide bonds. The number of aliphatic hydroxyl groups excluding tert-OH is 2. The zero-order valence-electron chi connectivity index (χ0n) is 25.8. The number of aliphatic hydroxyl groups is 2. The minimum Gasteiger partial charge on any atom is -0.470 e. The monoisotopic (exact) mass is 556 g/mol. The van der Waals surface area contributed by atoms with Crippen molar-refractivity contribution in [3.8, 4) is 0 Å². The highest BCUT2D eigenvalue weighted by atomic mass is 16.7. The second kappa shape index (κ2) is 26.3. The molecular formula is C33H64O6. The zero-order valence-corrected chi connectivity index (χ0v) is 25.8. The van der Waals surface area contributed by atoms with E-state index in [2.05, 4.69) is 13.8 Å². The van der Waals surface area contributed by atoms with Crippen LogP contribution < -0.4 is 0 Å². The molecule has 0 saturated carbocycles. The number of ether oxygens (including phenoxy) is 4. The SMILES string of the molecule is C/C=C/O[C@H]1O[C@H](CO)[C@@H](O)[C@H](OCCCCCCCCCCCC)[C@H]1OCCCCCCCCCCCC. The molecule has 1 heterocycles. The molecule has 0 aromatic rings. The average molecular weight is 557 g/mol. The van der Waals surface area contributed by atoms with Crippen molar-refractivity contribution in [2.75, 3.05) is 19.8 Å². The largest absolute Gasteiger partial charge is 0.470 e. The molecule has 39 heavy (non-hydrogen) atoms. The van der Waals surface area contributed by atoms with Gasteiger partial charge in [0.15, 0.2) is 0 Å². The lowest BCUT2D eigenvalue weighted by Gasteiger charge is -2.43. The quantitative estimate of drug-likeness (QED) is 0.0784. The maximum absolute atomic E-state index is 10.9. The predicted octanol–water partition coefficient (Wildman–Crippen LogP) is 8.23. The van der Waals surface area contributed by atoms with E-state index < -0.39 is 30.7 Å². The van der Waals surface area contributed by atoms with Crippen molar-refractivity contribution in [2.45, 2.75) is 180 Å². The van der Waals surface area contributed by atoms with Crippen LogP contribution in [0.5, 0.6) is 0 Å².